The Balaban J connectivity index is 1.88. The van der Waals surface area contributed by atoms with Crippen molar-refractivity contribution in [2.45, 2.75) is 13.3 Å². The number of nitrogens with one attached hydrogen (secondary N) is 1. The lowest BCUT2D eigenvalue weighted by Gasteiger charge is -2.02. The van der Waals surface area contributed by atoms with E-state index in [1.807, 2.05) is 24.3 Å². The van der Waals surface area contributed by atoms with Crippen LogP contribution < -0.4 is 5.32 Å². The van der Waals surface area contributed by atoms with Crippen LogP contribution in [0.25, 0.3) is 6.08 Å². The molecule has 3 nitrogen and oxygen atoms in total. The zero-order chi connectivity index (χ0) is 17.1. The average Bonchev–Trinajstić information content (AvgIpc) is 2.90. The van der Waals surface area contributed by atoms with E-state index in [2.05, 4.69) is 17.2 Å². The zero-order valence-electron chi connectivity index (χ0n) is 12.8. The molecule has 0 atom stereocenters. The van der Waals surface area contributed by atoms with Gasteiger partial charge < -0.3 is 5.32 Å². The van der Waals surface area contributed by atoms with Crippen molar-refractivity contribution in [3.05, 3.63) is 68.5 Å². The Morgan fingerprint density at radius 2 is 2.00 bits per heavy atom. The average molecular weight is 377 g/mol. The topological polar surface area (TPSA) is 41.5 Å². The summed E-state index contributed by atoms with van der Waals surface area (Å²) in [5.74, 6) is -0.182. The molecule has 2 aromatic rings. The molecule has 2 aromatic carbocycles. The second-order valence-corrected chi connectivity index (χ2v) is 7.00. The highest BCUT2D eigenvalue weighted by atomic mass is 35.5. The molecule has 3 rings (SSSR count). The summed E-state index contributed by atoms with van der Waals surface area (Å²) in [7, 11) is 0. The van der Waals surface area contributed by atoms with Crippen molar-refractivity contribution in [2.24, 2.45) is 4.99 Å². The standard InChI is InChI=1S/C18H14Cl2N2OS/c1-2-11-5-3-4-6-15(11)21-18-22-17(23)16(24-18)9-12-7-8-13(19)10-14(12)20/h3-10H,2H2,1H3,(H,21,22,23)/b16-9-. The molecule has 0 saturated carbocycles. The van der Waals surface area contributed by atoms with Crippen molar-refractivity contribution < 1.29 is 4.79 Å². The van der Waals surface area contributed by atoms with E-state index >= 15 is 0 Å². The number of thioether (sulfide) groups is 1. The molecular weight excluding hydrogens is 363 g/mol. The third kappa shape index (κ3) is 3.83. The van der Waals surface area contributed by atoms with Crippen molar-refractivity contribution in [3.8, 4) is 0 Å². The number of nitrogens with zero attached hydrogens (tertiary/aromatic N) is 1. The number of carbonyl (C=O) groups excluding carboxylic acids is 1. The molecule has 0 aliphatic carbocycles. The fourth-order valence-corrected chi connectivity index (χ4v) is 3.56. The quantitative estimate of drug-likeness (QED) is 0.723. The fourth-order valence-electron chi connectivity index (χ4n) is 2.27. The van der Waals surface area contributed by atoms with Gasteiger partial charge in [-0.3, -0.25) is 4.79 Å². The van der Waals surface area contributed by atoms with Crippen molar-refractivity contribution in [1.29, 1.82) is 0 Å². The third-order valence-electron chi connectivity index (χ3n) is 3.49. The molecular formula is C18H14Cl2N2OS. The van der Waals surface area contributed by atoms with Gasteiger partial charge in [0, 0.05) is 10.0 Å². The van der Waals surface area contributed by atoms with Gasteiger partial charge in [-0.15, -0.1) is 0 Å². The van der Waals surface area contributed by atoms with E-state index < -0.39 is 0 Å². The summed E-state index contributed by atoms with van der Waals surface area (Å²) in [6.45, 7) is 2.08. The lowest BCUT2D eigenvalue weighted by molar-refractivity contribution is -0.115. The predicted molar refractivity (Wildman–Crippen MR) is 103 cm³/mol. The summed E-state index contributed by atoms with van der Waals surface area (Å²) in [4.78, 5) is 17.3. The SMILES string of the molecule is CCc1ccccc1N=C1NC(=O)/C(=C/c2ccc(Cl)cc2Cl)S1. The smallest absolute Gasteiger partial charge is 0.264 e. The maximum Gasteiger partial charge on any atom is 0.264 e. The minimum atomic E-state index is -0.182. The van der Waals surface area contributed by atoms with Crippen molar-refractivity contribution in [1.82, 2.24) is 5.32 Å². The Kier molecular flexibility index (Phi) is 5.29. The maximum absolute atomic E-state index is 12.2. The number of hydrogen-bond acceptors (Lipinski definition) is 3. The third-order valence-corrected chi connectivity index (χ3v) is 4.97. The molecule has 1 fully saturated rings. The van der Waals surface area contributed by atoms with Crippen LogP contribution in [0.3, 0.4) is 0 Å². The van der Waals surface area contributed by atoms with Gasteiger partial charge in [-0.25, -0.2) is 4.99 Å². The molecule has 0 spiro atoms. The Labute approximate surface area is 154 Å². The summed E-state index contributed by atoms with van der Waals surface area (Å²) in [6, 6.07) is 13.1. The molecule has 6 heteroatoms. The molecule has 0 bridgehead atoms. The molecule has 1 aliphatic rings. The van der Waals surface area contributed by atoms with Gasteiger partial charge in [-0.1, -0.05) is 54.4 Å². The van der Waals surface area contributed by atoms with E-state index in [9.17, 15) is 4.79 Å². The molecule has 24 heavy (non-hydrogen) atoms. The first-order valence-electron chi connectivity index (χ1n) is 7.39. The van der Waals surface area contributed by atoms with Gasteiger partial charge >= 0.3 is 0 Å². The number of aliphatic imine (C=N–C) groups is 1. The Morgan fingerprint density at radius 1 is 1.21 bits per heavy atom. The van der Waals surface area contributed by atoms with Crippen LogP contribution in [0.5, 0.6) is 0 Å². The van der Waals surface area contributed by atoms with E-state index in [0.29, 0.717) is 20.1 Å². The van der Waals surface area contributed by atoms with Crippen molar-refractivity contribution >= 4 is 57.8 Å². The Morgan fingerprint density at radius 3 is 2.75 bits per heavy atom. The second kappa shape index (κ2) is 7.43. The van der Waals surface area contributed by atoms with Crippen LogP contribution in [0.4, 0.5) is 5.69 Å². The van der Waals surface area contributed by atoms with Crippen LogP contribution in [-0.4, -0.2) is 11.1 Å². The van der Waals surface area contributed by atoms with Crippen molar-refractivity contribution in [2.75, 3.05) is 0 Å². The molecule has 1 heterocycles. The van der Waals surface area contributed by atoms with E-state index in [1.165, 1.54) is 11.8 Å². The van der Waals surface area contributed by atoms with Crippen LogP contribution in [0.2, 0.25) is 10.0 Å². The summed E-state index contributed by atoms with van der Waals surface area (Å²) < 4.78 is 0. The van der Waals surface area contributed by atoms with Gasteiger partial charge in [-0.2, -0.15) is 0 Å². The van der Waals surface area contributed by atoms with E-state index in [0.717, 1.165) is 23.2 Å². The number of halogens is 2. The molecule has 0 aromatic heterocycles. The number of amidine groups is 1. The maximum atomic E-state index is 12.2. The van der Waals surface area contributed by atoms with Crippen LogP contribution in [0.15, 0.2) is 52.4 Å². The molecule has 1 saturated heterocycles. The molecule has 1 N–H and O–H groups in total. The van der Waals surface area contributed by atoms with Crippen LogP contribution in [0.1, 0.15) is 18.1 Å². The molecule has 1 aliphatic heterocycles. The van der Waals surface area contributed by atoms with Gasteiger partial charge in [0.2, 0.25) is 0 Å². The van der Waals surface area contributed by atoms with Crippen LogP contribution in [0, 0.1) is 0 Å². The number of para-hydroxylation sites is 1. The first-order valence-corrected chi connectivity index (χ1v) is 8.96. The van der Waals surface area contributed by atoms with Gasteiger partial charge in [0.25, 0.3) is 5.91 Å². The largest absolute Gasteiger partial charge is 0.300 e. The van der Waals surface area contributed by atoms with E-state index in [-0.39, 0.29) is 5.91 Å². The number of hydrogen-bond donors (Lipinski definition) is 1. The van der Waals surface area contributed by atoms with Crippen LogP contribution >= 0.6 is 35.0 Å². The molecule has 0 radical (unpaired) electrons. The van der Waals surface area contributed by atoms with E-state index in [4.69, 9.17) is 23.2 Å². The highest BCUT2D eigenvalue weighted by molar-refractivity contribution is 8.18. The normalized spacial score (nSPS) is 17.5. The van der Waals surface area contributed by atoms with E-state index in [1.54, 1.807) is 24.3 Å². The Bertz CT molecular complexity index is 862. The minimum absolute atomic E-state index is 0.182. The number of amides is 1. The number of benzene rings is 2. The second-order valence-electron chi connectivity index (χ2n) is 5.13. The number of rotatable bonds is 3. The zero-order valence-corrected chi connectivity index (χ0v) is 15.2. The first-order chi connectivity index (χ1) is 11.6. The fraction of sp³-hybridized carbons (Fsp3) is 0.111. The summed E-state index contributed by atoms with van der Waals surface area (Å²) in [6.07, 6.45) is 2.63. The highest BCUT2D eigenvalue weighted by Gasteiger charge is 2.24. The highest BCUT2D eigenvalue weighted by Crippen LogP contribution is 2.31. The monoisotopic (exact) mass is 376 g/mol. The number of aryl methyl sites for hydroxylation is 1. The predicted octanol–water partition coefficient (Wildman–Crippen LogP) is 5.45. The van der Waals surface area contributed by atoms with Crippen LogP contribution in [-0.2, 0) is 11.2 Å². The first kappa shape index (κ1) is 17.1. The Hall–Kier alpha value is -1.75. The van der Waals surface area contributed by atoms with Gasteiger partial charge in [0.1, 0.15) is 0 Å². The molecule has 1 amide bonds. The molecule has 122 valence electrons. The van der Waals surface area contributed by atoms with Crippen molar-refractivity contribution in [3.63, 3.8) is 0 Å². The minimum Gasteiger partial charge on any atom is -0.300 e. The number of carbonyl (C=O) groups is 1. The van der Waals surface area contributed by atoms with Gasteiger partial charge in [0.15, 0.2) is 5.17 Å². The lowest BCUT2D eigenvalue weighted by atomic mass is 10.1. The van der Waals surface area contributed by atoms with Gasteiger partial charge in [-0.05, 0) is 53.6 Å². The lowest BCUT2D eigenvalue weighted by Crippen LogP contribution is -2.19. The summed E-state index contributed by atoms with van der Waals surface area (Å²) in [5, 5.41) is 4.42. The summed E-state index contributed by atoms with van der Waals surface area (Å²) >= 11 is 13.4. The summed E-state index contributed by atoms with van der Waals surface area (Å²) in [5.41, 5.74) is 2.75. The van der Waals surface area contributed by atoms with Gasteiger partial charge in [0.05, 0.1) is 10.6 Å². The molecule has 0 unspecified atom stereocenters.